The second-order valence-electron chi connectivity index (χ2n) is 9.67. The average Bonchev–Trinajstić information content (AvgIpc) is 2.93. The van der Waals surface area contributed by atoms with E-state index in [9.17, 15) is 5.11 Å². The number of phenols is 1. The Hall–Kier alpha value is -2.81. The molecular weight excluding hydrogens is 344 g/mol. The van der Waals surface area contributed by atoms with Crippen molar-refractivity contribution in [2.75, 3.05) is 0 Å². The Morgan fingerprint density at radius 3 is 1.93 bits per heavy atom. The lowest BCUT2D eigenvalue weighted by Crippen LogP contribution is -2.12. The molecule has 2 heterocycles. The van der Waals surface area contributed by atoms with Crippen LogP contribution < -0.4 is 0 Å². The van der Waals surface area contributed by atoms with Gasteiger partial charge in [-0.15, -0.1) is 0 Å². The molecule has 0 aliphatic heterocycles. The maximum Gasteiger partial charge on any atom is 0.137 e. The van der Waals surface area contributed by atoms with Gasteiger partial charge >= 0.3 is 0 Å². The molecule has 0 saturated heterocycles. The Morgan fingerprint density at radius 1 is 0.714 bits per heavy atom. The number of pyridine rings is 1. The van der Waals surface area contributed by atoms with Crippen molar-refractivity contribution in [3.63, 3.8) is 0 Å². The van der Waals surface area contributed by atoms with Gasteiger partial charge in [0.25, 0.3) is 0 Å². The maximum atomic E-state index is 10.2. The second-order valence-corrected chi connectivity index (χ2v) is 9.67. The van der Waals surface area contributed by atoms with E-state index in [1.165, 1.54) is 16.5 Å². The number of aromatic hydroxyl groups is 1. The molecule has 4 aromatic rings. The molecule has 0 aliphatic rings. The fourth-order valence-electron chi connectivity index (χ4n) is 3.73. The van der Waals surface area contributed by atoms with E-state index in [1.807, 2.05) is 18.3 Å². The number of aromatic nitrogens is 2. The standard InChI is InChI=1S/C25H28N2O/c1-24(2,3)16-7-9-19-20-10-8-18(28)15-22(20)27(21(19)13-16)23-14-17(11-12-26-23)25(4,5)6/h7-15,28H,1-6H3. The predicted molar refractivity (Wildman–Crippen MR) is 118 cm³/mol. The van der Waals surface area contributed by atoms with E-state index in [4.69, 9.17) is 4.98 Å². The van der Waals surface area contributed by atoms with Crippen molar-refractivity contribution in [3.05, 3.63) is 65.9 Å². The fourth-order valence-corrected chi connectivity index (χ4v) is 3.73. The number of benzene rings is 2. The van der Waals surface area contributed by atoms with Crippen LogP contribution in [0.15, 0.2) is 54.7 Å². The molecule has 0 aliphatic carbocycles. The molecule has 0 bridgehead atoms. The van der Waals surface area contributed by atoms with Crippen molar-refractivity contribution < 1.29 is 5.11 Å². The lowest BCUT2D eigenvalue weighted by atomic mass is 9.86. The highest BCUT2D eigenvalue weighted by molar-refractivity contribution is 6.09. The van der Waals surface area contributed by atoms with Gasteiger partial charge in [0.1, 0.15) is 11.6 Å². The van der Waals surface area contributed by atoms with Gasteiger partial charge in [-0.3, -0.25) is 4.57 Å². The SMILES string of the molecule is CC(C)(C)c1ccnc(-n2c3cc(O)ccc3c3ccc(C(C)(C)C)cc32)c1. The van der Waals surface area contributed by atoms with Gasteiger partial charge in [0.05, 0.1) is 11.0 Å². The first kappa shape index (κ1) is 18.5. The van der Waals surface area contributed by atoms with Crippen LogP contribution in [0.4, 0.5) is 0 Å². The third-order valence-electron chi connectivity index (χ3n) is 5.46. The number of hydrogen-bond donors (Lipinski definition) is 1. The van der Waals surface area contributed by atoms with Gasteiger partial charge in [0.2, 0.25) is 0 Å². The Labute approximate surface area is 166 Å². The molecule has 0 atom stereocenters. The third-order valence-corrected chi connectivity index (χ3v) is 5.46. The number of phenolic OH excluding ortho intramolecular Hbond substituents is 1. The average molecular weight is 373 g/mol. The van der Waals surface area contributed by atoms with E-state index >= 15 is 0 Å². The number of hydrogen-bond acceptors (Lipinski definition) is 2. The van der Waals surface area contributed by atoms with Crippen molar-refractivity contribution in [1.82, 2.24) is 9.55 Å². The van der Waals surface area contributed by atoms with Crippen LogP contribution in [0.2, 0.25) is 0 Å². The second kappa shape index (κ2) is 6.10. The van der Waals surface area contributed by atoms with Crippen LogP contribution in [0.25, 0.3) is 27.6 Å². The largest absolute Gasteiger partial charge is 0.508 e. The molecule has 1 N–H and O–H groups in total. The third kappa shape index (κ3) is 3.05. The molecule has 0 fully saturated rings. The van der Waals surface area contributed by atoms with Crippen LogP contribution >= 0.6 is 0 Å². The molecule has 4 rings (SSSR count). The van der Waals surface area contributed by atoms with Crippen LogP contribution in [0.3, 0.4) is 0 Å². The molecule has 0 radical (unpaired) electrons. The topological polar surface area (TPSA) is 38.0 Å². The molecule has 0 amide bonds. The zero-order valence-corrected chi connectivity index (χ0v) is 17.5. The summed E-state index contributed by atoms with van der Waals surface area (Å²) in [4.78, 5) is 4.70. The minimum atomic E-state index is 0.0369. The molecular formula is C25H28N2O. The first-order chi connectivity index (χ1) is 13.1. The predicted octanol–water partition coefficient (Wildman–Crippen LogP) is 6.48. The van der Waals surface area contributed by atoms with Gasteiger partial charge in [-0.1, -0.05) is 53.7 Å². The lowest BCUT2D eigenvalue weighted by Gasteiger charge is -2.21. The van der Waals surface area contributed by atoms with Gasteiger partial charge in [-0.25, -0.2) is 4.98 Å². The van der Waals surface area contributed by atoms with Crippen molar-refractivity contribution >= 4 is 21.8 Å². The molecule has 28 heavy (non-hydrogen) atoms. The monoisotopic (exact) mass is 372 g/mol. The quantitative estimate of drug-likeness (QED) is 0.415. The normalized spacial score (nSPS) is 12.8. The van der Waals surface area contributed by atoms with Gasteiger partial charge in [0, 0.05) is 23.0 Å². The van der Waals surface area contributed by atoms with Crippen molar-refractivity contribution in [2.45, 2.75) is 52.4 Å². The summed E-state index contributed by atoms with van der Waals surface area (Å²) in [6.45, 7) is 13.3. The van der Waals surface area contributed by atoms with Gasteiger partial charge < -0.3 is 5.11 Å². The minimum Gasteiger partial charge on any atom is -0.508 e. The van der Waals surface area contributed by atoms with Gasteiger partial charge in [-0.2, -0.15) is 0 Å². The van der Waals surface area contributed by atoms with E-state index in [-0.39, 0.29) is 16.6 Å². The van der Waals surface area contributed by atoms with E-state index in [1.54, 1.807) is 6.07 Å². The number of rotatable bonds is 1. The molecule has 0 saturated carbocycles. The van der Waals surface area contributed by atoms with Crippen LogP contribution in [-0.4, -0.2) is 14.7 Å². The highest BCUT2D eigenvalue weighted by atomic mass is 16.3. The summed E-state index contributed by atoms with van der Waals surface area (Å²) < 4.78 is 2.18. The van der Waals surface area contributed by atoms with Crippen molar-refractivity contribution in [3.8, 4) is 11.6 Å². The van der Waals surface area contributed by atoms with Gasteiger partial charge in [0.15, 0.2) is 0 Å². The smallest absolute Gasteiger partial charge is 0.137 e. The maximum absolute atomic E-state index is 10.2. The zero-order chi connectivity index (χ0) is 20.3. The Balaban J connectivity index is 2.11. The molecule has 144 valence electrons. The summed E-state index contributed by atoms with van der Waals surface area (Å²) in [5.74, 6) is 1.14. The Kier molecular flexibility index (Phi) is 4.04. The van der Waals surface area contributed by atoms with Crippen LogP contribution in [0.5, 0.6) is 5.75 Å². The van der Waals surface area contributed by atoms with E-state index in [2.05, 4.69) is 76.4 Å². The van der Waals surface area contributed by atoms with E-state index in [0.29, 0.717) is 0 Å². The van der Waals surface area contributed by atoms with Crippen molar-refractivity contribution in [2.24, 2.45) is 0 Å². The van der Waals surface area contributed by atoms with Gasteiger partial charge in [-0.05, 0) is 52.3 Å². The highest BCUT2D eigenvalue weighted by Crippen LogP contribution is 2.36. The summed E-state index contributed by atoms with van der Waals surface area (Å²) in [5, 5.41) is 12.5. The summed E-state index contributed by atoms with van der Waals surface area (Å²) >= 11 is 0. The fraction of sp³-hybridized carbons (Fsp3) is 0.320. The summed E-state index contributed by atoms with van der Waals surface area (Å²) in [5.41, 5.74) is 4.69. The van der Waals surface area contributed by atoms with Crippen LogP contribution in [0, 0.1) is 0 Å². The first-order valence-electron chi connectivity index (χ1n) is 9.80. The minimum absolute atomic E-state index is 0.0369. The summed E-state index contributed by atoms with van der Waals surface area (Å²) in [7, 11) is 0. The summed E-state index contributed by atoms with van der Waals surface area (Å²) in [6, 6.07) is 16.5. The molecule has 0 spiro atoms. The molecule has 3 heteroatoms. The molecule has 3 nitrogen and oxygen atoms in total. The zero-order valence-electron chi connectivity index (χ0n) is 17.5. The molecule has 0 unspecified atom stereocenters. The lowest BCUT2D eigenvalue weighted by molar-refractivity contribution is 0.476. The van der Waals surface area contributed by atoms with Crippen LogP contribution in [-0.2, 0) is 10.8 Å². The number of nitrogens with zero attached hydrogens (tertiary/aromatic N) is 2. The first-order valence-corrected chi connectivity index (χ1v) is 9.80. The van der Waals surface area contributed by atoms with E-state index < -0.39 is 0 Å². The van der Waals surface area contributed by atoms with Crippen LogP contribution in [0.1, 0.15) is 52.7 Å². The highest BCUT2D eigenvalue weighted by Gasteiger charge is 2.20. The number of fused-ring (bicyclic) bond motifs is 3. The van der Waals surface area contributed by atoms with Crippen molar-refractivity contribution in [1.29, 1.82) is 0 Å². The Bertz CT molecular complexity index is 1190. The Morgan fingerprint density at radius 2 is 1.29 bits per heavy atom. The molecule has 2 aromatic carbocycles. The van der Waals surface area contributed by atoms with E-state index in [0.717, 1.165) is 22.2 Å². The summed E-state index contributed by atoms with van der Waals surface area (Å²) in [6.07, 6.45) is 1.88. The molecule has 2 aromatic heterocycles.